The van der Waals surface area contributed by atoms with Gasteiger partial charge < -0.3 is 5.73 Å². The van der Waals surface area contributed by atoms with Crippen LogP contribution in [0.25, 0.3) is 0 Å². The van der Waals surface area contributed by atoms with Crippen LogP contribution in [0.5, 0.6) is 0 Å². The molecule has 1 aromatic rings. The van der Waals surface area contributed by atoms with Gasteiger partial charge in [-0.25, -0.2) is 0 Å². The van der Waals surface area contributed by atoms with Gasteiger partial charge in [0.15, 0.2) is 0 Å². The van der Waals surface area contributed by atoms with Crippen molar-refractivity contribution < 1.29 is 8.42 Å². The van der Waals surface area contributed by atoms with Crippen LogP contribution in [-0.4, -0.2) is 44.2 Å². The van der Waals surface area contributed by atoms with E-state index in [-0.39, 0.29) is 6.04 Å². The Morgan fingerprint density at radius 3 is 2.67 bits per heavy atom. The number of rotatable bonds is 3. The lowest BCUT2D eigenvalue weighted by molar-refractivity contribution is 0.293. The predicted octanol–water partition coefficient (Wildman–Crippen LogP) is 0.351. The predicted molar refractivity (Wildman–Crippen MR) is 71.3 cm³/mol. The third-order valence-electron chi connectivity index (χ3n) is 3.34. The lowest BCUT2D eigenvalue weighted by Gasteiger charge is -2.37. The second kappa shape index (κ2) is 4.97. The van der Waals surface area contributed by atoms with Gasteiger partial charge in [-0.1, -0.05) is 24.3 Å². The lowest BCUT2D eigenvalue weighted by atomic mass is 9.94. The minimum Gasteiger partial charge on any atom is -0.329 e. The minimum atomic E-state index is -3.42. The van der Waals surface area contributed by atoms with Gasteiger partial charge in [-0.05, 0) is 17.5 Å². The molecule has 0 aliphatic carbocycles. The van der Waals surface area contributed by atoms with E-state index >= 15 is 0 Å². The molecule has 5 nitrogen and oxygen atoms in total. The molecule has 0 bridgehead atoms. The van der Waals surface area contributed by atoms with Gasteiger partial charge in [0.2, 0.25) is 0 Å². The summed E-state index contributed by atoms with van der Waals surface area (Å²) >= 11 is 0. The average molecular weight is 269 g/mol. The zero-order valence-electron chi connectivity index (χ0n) is 10.7. The molecule has 0 fully saturated rings. The van der Waals surface area contributed by atoms with Crippen LogP contribution in [0.1, 0.15) is 17.2 Å². The molecule has 1 unspecified atom stereocenters. The van der Waals surface area contributed by atoms with Gasteiger partial charge in [0.05, 0.1) is 6.04 Å². The highest BCUT2D eigenvalue weighted by Gasteiger charge is 2.35. The summed E-state index contributed by atoms with van der Waals surface area (Å²) < 4.78 is 27.3. The van der Waals surface area contributed by atoms with Crippen molar-refractivity contribution in [3.05, 3.63) is 35.4 Å². The van der Waals surface area contributed by atoms with Crippen LogP contribution < -0.4 is 5.73 Å². The van der Waals surface area contributed by atoms with Gasteiger partial charge in [-0.15, -0.1) is 0 Å². The van der Waals surface area contributed by atoms with Gasteiger partial charge in [0.1, 0.15) is 0 Å². The molecule has 0 saturated carbocycles. The second-order valence-corrected chi connectivity index (χ2v) is 6.70. The quantitative estimate of drug-likeness (QED) is 0.861. The summed E-state index contributed by atoms with van der Waals surface area (Å²) in [5.41, 5.74) is 8.00. The summed E-state index contributed by atoms with van der Waals surface area (Å²) in [6.45, 7) is 0.781. The highest BCUT2D eigenvalue weighted by molar-refractivity contribution is 7.86. The van der Waals surface area contributed by atoms with Crippen LogP contribution in [0.2, 0.25) is 0 Å². The first-order valence-corrected chi connectivity index (χ1v) is 7.35. The van der Waals surface area contributed by atoms with E-state index in [0.29, 0.717) is 13.1 Å². The fourth-order valence-corrected chi connectivity index (χ4v) is 3.62. The van der Waals surface area contributed by atoms with Gasteiger partial charge in [-0.3, -0.25) is 0 Å². The van der Waals surface area contributed by atoms with Gasteiger partial charge in [0.25, 0.3) is 10.2 Å². The molecule has 6 heteroatoms. The van der Waals surface area contributed by atoms with E-state index in [1.54, 1.807) is 14.1 Å². The number of nitrogens with two attached hydrogens (primary N) is 1. The van der Waals surface area contributed by atoms with Crippen LogP contribution in [0.4, 0.5) is 0 Å². The monoisotopic (exact) mass is 269 g/mol. The summed E-state index contributed by atoms with van der Waals surface area (Å²) in [5.74, 6) is 0. The van der Waals surface area contributed by atoms with E-state index in [0.717, 1.165) is 12.0 Å². The topological polar surface area (TPSA) is 66.6 Å². The van der Waals surface area contributed by atoms with Gasteiger partial charge in [0, 0.05) is 27.2 Å². The maximum absolute atomic E-state index is 12.3. The first-order valence-electron chi connectivity index (χ1n) is 5.95. The number of benzene rings is 1. The summed E-state index contributed by atoms with van der Waals surface area (Å²) in [7, 11) is -0.327. The molecule has 2 N–H and O–H groups in total. The highest BCUT2D eigenvalue weighted by Crippen LogP contribution is 2.31. The van der Waals surface area contributed by atoms with Crippen molar-refractivity contribution in [2.24, 2.45) is 5.73 Å². The third-order valence-corrected chi connectivity index (χ3v) is 5.30. The Morgan fingerprint density at radius 2 is 2.06 bits per heavy atom. The summed E-state index contributed by atoms with van der Waals surface area (Å²) in [6, 6.07) is 7.64. The van der Waals surface area contributed by atoms with Crippen LogP contribution in [0.15, 0.2) is 24.3 Å². The van der Waals surface area contributed by atoms with Crippen molar-refractivity contribution in [1.82, 2.24) is 8.61 Å². The number of hydrogen-bond acceptors (Lipinski definition) is 3. The number of fused-ring (bicyclic) bond motifs is 1. The molecule has 1 atom stereocenters. The normalized spacial score (nSPS) is 21.0. The van der Waals surface area contributed by atoms with Crippen molar-refractivity contribution in [1.29, 1.82) is 0 Å². The Hall–Kier alpha value is -0.950. The molecule has 1 heterocycles. The molecule has 100 valence electrons. The van der Waals surface area contributed by atoms with E-state index < -0.39 is 10.2 Å². The molecule has 0 aromatic heterocycles. The van der Waals surface area contributed by atoms with Crippen molar-refractivity contribution in [3.63, 3.8) is 0 Å². The standard InChI is InChI=1S/C12H19N3O2S/c1-14(2)18(16,17)15-8-7-10-5-3-4-6-11(10)12(15)9-13/h3-6,12H,7-9,13H2,1-2H3. The first kappa shape index (κ1) is 13.5. The van der Waals surface area contributed by atoms with Crippen LogP contribution >= 0.6 is 0 Å². The molecule has 0 saturated heterocycles. The molecule has 1 aromatic carbocycles. The fourth-order valence-electron chi connectivity index (χ4n) is 2.36. The molecular weight excluding hydrogens is 250 g/mol. The molecule has 0 amide bonds. The molecule has 0 spiro atoms. The Bertz CT molecular complexity index is 528. The Balaban J connectivity index is 2.43. The van der Waals surface area contributed by atoms with E-state index in [2.05, 4.69) is 0 Å². The molecular formula is C12H19N3O2S. The van der Waals surface area contributed by atoms with Crippen LogP contribution in [0, 0.1) is 0 Å². The van der Waals surface area contributed by atoms with E-state index in [4.69, 9.17) is 5.73 Å². The van der Waals surface area contributed by atoms with E-state index in [1.807, 2.05) is 24.3 Å². The largest absolute Gasteiger partial charge is 0.329 e. The van der Waals surface area contributed by atoms with Gasteiger partial charge in [-0.2, -0.15) is 17.0 Å². The molecule has 1 aliphatic rings. The Morgan fingerprint density at radius 1 is 1.39 bits per heavy atom. The summed E-state index contributed by atoms with van der Waals surface area (Å²) in [4.78, 5) is 0. The highest BCUT2D eigenvalue weighted by atomic mass is 32.2. The number of nitrogens with zero attached hydrogens (tertiary/aromatic N) is 2. The SMILES string of the molecule is CN(C)S(=O)(=O)N1CCc2ccccc2C1CN. The Kier molecular flexibility index (Phi) is 3.72. The molecule has 0 radical (unpaired) electrons. The minimum absolute atomic E-state index is 0.262. The zero-order chi connectivity index (χ0) is 13.3. The second-order valence-electron chi connectivity index (χ2n) is 4.60. The average Bonchev–Trinajstić information content (AvgIpc) is 2.36. The summed E-state index contributed by atoms with van der Waals surface area (Å²) in [6.07, 6.45) is 0.736. The fraction of sp³-hybridized carbons (Fsp3) is 0.500. The first-order chi connectivity index (χ1) is 8.48. The lowest BCUT2D eigenvalue weighted by Crippen LogP contribution is -2.47. The maximum atomic E-state index is 12.3. The van der Waals surface area contributed by atoms with E-state index in [9.17, 15) is 8.42 Å². The Labute approximate surface area is 108 Å². The van der Waals surface area contributed by atoms with Crippen molar-refractivity contribution in [3.8, 4) is 0 Å². The zero-order valence-corrected chi connectivity index (χ0v) is 11.5. The molecule has 1 aliphatic heterocycles. The van der Waals surface area contributed by atoms with Crippen LogP contribution in [-0.2, 0) is 16.6 Å². The molecule has 18 heavy (non-hydrogen) atoms. The van der Waals surface area contributed by atoms with Crippen molar-refractivity contribution in [2.75, 3.05) is 27.2 Å². The number of hydrogen-bond donors (Lipinski definition) is 1. The van der Waals surface area contributed by atoms with Gasteiger partial charge >= 0.3 is 0 Å². The maximum Gasteiger partial charge on any atom is 0.282 e. The third kappa shape index (κ3) is 2.16. The molecule has 2 rings (SSSR count). The van der Waals surface area contributed by atoms with E-state index in [1.165, 1.54) is 14.2 Å². The summed E-state index contributed by atoms with van der Waals surface area (Å²) in [5, 5.41) is 0. The van der Waals surface area contributed by atoms with Crippen molar-refractivity contribution >= 4 is 10.2 Å². The smallest absolute Gasteiger partial charge is 0.282 e. The van der Waals surface area contributed by atoms with Crippen molar-refractivity contribution in [2.45, 2.75) is 12.5 Å². The van der Waals surface area contributed by atoms with Crippen LogP contribution in [0.3, 0.4) is 0 Å².